The molecule has 0 bridgehead atoms. The van der Waals surface area contributed by atoms with Crippen molar-refractivity contribution in [1.82, 2.24) is 15.0 Å². The van der Waals surface area contributed by atoms with Crippen LogP contribution in [0.4, 0.5) is 0 Å². The van der Waals surface area contributed by atoms with Gasteiger partial charge in [-0.25, -0.2) is 9.97 Å². The minimum absolute atomic E-state index is 0.247. The molecule has 0 fully saturated rings. The van der Waals surface area contributed by atoms with Crippen LogP contribution in [-0.4, -0.2) is 22.1 Å². The topological polar surface area (TPSA) is 67.9 Å². The van der Waals surface area contributed by atoms with Crippen molar-refractivity contribution in [2.75, 3.05) is 7.11 Å². The van der Waals surface area contributed by atoms with Crippen LogP contribution in [0.1, 0.15) is 10.6 Å². The molecule has 0 aliphatic heterocycles. The van der Waals surface area contributed by atoms with Gasteiger partial charge in [-0.15, -0.1) is 11.3 Å². The average Bonchev–Trinajstić information content (AvgIpc) is 2.64. The molecule has 0 saturated heterocycles. The van der Waals surface area contributed by atoms with E-state index in [1.54, 1.807) is 13.1 Å². The van der Waals surface area contributed by atoms with Gasteiger partial charge in [-0.2, -0.15) is 0 Å². The molecule has 0 saturated carbocycles. The molecule has 0 aliphatic rings. The first kappa shape index (κ1) is 10.8. The average molecular weight is 237 g/mol. The van der Waals surface area contributed by atoms with Crippen LogP contribution in [0.2, 0.25) is 0 Å². The second-order valence-electron chi connectivity index (χ2n) is 3.31. The van der Waals surface area contributed by atoms with Crippen LogP contribution in [0.3, 0.4) is 0 Å². The Kier molecular flexibility index (Phi) is 2.74. The molecule has 6 heteroatoms. The standard InChI is InChI=1S/C10H11N3O2S/c1-5-4-11-10(16-5)8-12-6(2)7(15-3)9(14)13-8/h4H,1-3H3,(H,12,13,14). The Hall–Kier alpha value is -1.69. The Morgan fingerprint density at radius 3 is 2.69 bits per heavy atom. The van der Waals surface area contributed by atoms with Gasteiger partial charge in [-0.05, 0) is 13.8 Å². The fourth-order valence-corrected chi connectivity index (χ4v) is 2.09. The Labute approximate surface area is 96.2 Å². The van der Waals surface area contributed by atoms with Crippen LogP contribution < -0.4 is 10.3 Å². The number of H-pyrrole nitrogens is 1. The van der Waals surface area contributed by atoms with E-state index in [2.05, 4.69) is 15.0 Å². The summed E-state index contributed by atoms with van der Waals surface area (Å²) in [5, 5.41) is 0.709. The molecule has 1 N–H and O–H groups in total. The Morgan fingerprint density at radius 2 is 2.19 bits per heavy atom. The van der Waals surface area contributed by atoms with E-state index in [0.29, 0.717) is 16.5 Å². The summed E-state index contributed by atoms with van der Waals surface area (Å²) >= 11 is 1.49. The summed E-state index contributed by atoms with van der Waals surface area (Å²) < 4.78 is 4.95. The van der Waals surface area contributed by atoms with E-state index in [9.17, 15) is 4.79 Å². The molecule has 84 valence electrons. The summed E-state index contributed by atoms with van der Waals surface area (Å²) in [5.41, 5.74) is 0.284. The van der Waals surface area contributed by atoms with Gasteiger partial charge in [0.05, 0.1) is 12.8 Å². The maximum absolute atomic E-state index is 11.6. The van der Waals surface area contributed by atoms with Crippen molar-refractivity contribution >= 4 is 11.3 Å². The Morgan fingerprint density at radius 1 is 1.44 bits per heavy atom. The van der Waals surface area contributed by atoms with E-state index < -0.39 is 0 Å². The molecule has 0 aliphatic carbocycles. The van der Waals surface area contributed by atoms with Crippen molar-refractivity contribution in [3.63, 3.8) is 0 Å². The fraction of sp³-hybridized carbons (Fsp3) is 0.300. The van der Waals surface area contributed by atoms with Gasteiger partial charge in [-0.3, -0.25) is 4.79 Å². The van der Waals surface area contributed by atoms with Gasteiger partial charge in [0.15, 0.2) is 10.8 Å². The molecule has 2 aromatic heterocycles. The van der Waals surface area contributed by atoms with Crippen LogP contribution >= 0.6 is 11.3 Å². The van der Waals surface area contributed by atoms with Gasteiger partial charge in [-0.1, -0.05) is 0 Å². The fourth-order valence-electron chi connectivity index (χ4n) is 1.38. The van der Waals surface area contributed by atoms with Crippen LogP contribution in [0.15, 0.2) is 11.0 Å². The number of methoxy groups -OCH3 is 1. The molecule has 0 aromatic carbocycles. The molecule has 2 heterocycles. The van der Waals surface area contributed by atoms with Gasteiger partial charge < -0.3 is 9.72 Å². The lowest BCUT2D eigenvalue weighted by atomic mass is 10.4. The Bertz CT molecular complexity index is 574. The highest BCUT2D eigenvalue weighted by Crippen LogP contribution is 2.21. The predicted molar refractivity (Wildman–Crippen MR) is 62.0 cm³/mol. The third kappa shape index (κ3) is 1.83. The minimum Gasteiger partial charge on any atom is -0.490 e. The second kappa shape index (κ2) is 4.05. The van der Waals surface area contributed by atoms with Gasteiger partial charge >= 0.3 is 0 Å². The van der Waals surface area contributed by atoms with E-state index in [1.165, 1.54) is 18.4 Å². The van der Waals surface area contributed by atoms with Crippen LogP contribution in [0, 0.1) is 13.8 Å². The highest BCUT2D eigenvalue weighted by Gasteiger charge is 2.11. The molecule has 0 unspecified atom stereocenters. The highest BCUT2D eigenvalue weighted by atomic mass is 32.1. The van der Waals surface area contributed by atoms with Crippen molar-refractivity contribution in [2.24, 2.45) is 0 Å². The molecule has 2 rings (SSSR count). The molecule has 5 nitrogen and oxygen atoms in total. The first-order chi connectivity index (χ1) is 7.61. The van der Waals surface area contributed by atoms with Crippen molar-refractivity contribution in [3.8, 4) is 16.6 Å². The third-order valence-corrected chi connectivity index (χ3v) is 2.99. The quantitative estimate of drug-likeness (QED) is 0.859. The number of hydrogen-bond donors (Lipinski definition) is 1. The Balaban J connectivity index is 2.56. The molecule has 2 aromatic rings. The SMILES string of the molecule is COc1c(C)nc(-c2ncc(C)s2)[nH]c1=O. The number of aromatic amines is 1. The normalized spacial score (nSPS) is 10.4. The van der Waals surface area contributed by atoms with E-state index >= 15 is 0 Å². The van der Waals surface area contributed by atoms with Gasteiger partial charge in [0.2, 0.25) is 5.75 Å². The smallest absolute Gasteiger partial charge is 0.293 e. The minimum atomic E-state index is -0.280. The summed E-state index contributed by atoms with van der Waals surface area (Å²) in [5.74, 6) is 0.735. The van der Waals surface area contributed by atoms with E-state index in [-0.39, 0.29) is 11.3 Å². The van der Waals surface area contributed by atoms with Gasteiger partial charge in [0, 0.05) is 11.1 Å². The van der Waals surface area contributed by atoms with E-state index in [0.717, 1.165) is 4.88 Å². The predicted octanol–water partition coefficient (Wildman–Crippen LogP) is 1.52. The molecule has 0 atom stereocenters. The lowest BCUT2D eigenvalue weighted by molar-refractivity contribution is 0.402. The zero-order valence-electron chi connectivity index (χ0n) is 9.20. The third-order valence-electron chi connectivity index (χ3n) is 2.07. The van der Waals surface area contributed by atoms with Gasteiger partial charge in [0.1, 0.15) is 0 Å². The zero-order chi connectivity index (χ0) is 11.7. The van der Waals surface area contributed by atoms with Crippen molar-refractivity contribution < 1.29 is 4.74 Å². The lowest BCUT2D eigenvalue weighted by Gasteiger charge is -2.03. The van der Waals surface area contributed by atoms with Crippen molar-refractivity contribution in [1.29, 1.82) is 0 Å². The van der Waals surface area contributed by atoms with Crippen molar-refractivity contribution in [2.45, 2.75) is 13.8 Å². The molecular weight excluding hydrogens is 226 g/mol. The van der Waals surface area contributed by atoms with Crippen molar-refractivity contribution in [3.05, 3.63) is 27.1 Å². The van der Waals surface area contributed by atoms with Gasteiger partial charge in [0.25, 0.3) is 5.56 Å². The first-order valence-corrected chi connectivity index (χ1v) is 5.51. The summed E-state index contributed by atoms with van der Waals surface area (Å²) in [6, 6.07) is 0. The number of nitrogens with zero attached hydrogens (tertiary/aromatic N) is 2. The summed E-state index contributed by atoms with van der Waals surface area (Å²) in [4.78, 5) is 23.8. The molecule has 0 spiro atoms. The summed E-state index contributed by atoms with van der Waals surface area (Å²) in [7, 11) is 1.45. The van der Waals surface area contributed by atoms with Crippen LogP contribution in [0.25, 0.3) is 10.8 Å². The summed E-state index contributed by atoms with van der Waals surface area (Å²) in [6.45, 7) is 3.69. The maximum atomic E-state index is 11.6. The number of aromatic nitrogens is 3. The number of rotatable bonds is 2. The van der Waals surface area contributed by atoms with Crippen LogP contribution in [-0.2, 0) is 0 Å². The van der Waals surface area contributed by atoms with E-state index in [1.807, 2.05) is 6.92 Å². The molecule has 0 radical (unpaired) electrons. The monoisotopic (exact) mass is 237 g/mol. The first-order valence-electron chi connectivity index (χ1n) is 4.69. The van der Waals surface area contributed by atoms with E-state index in [4.69, 9.17) is 4.74 Å². The largest absolute Gasteiger partial charge is 0.490 e. The molecule has 0 amide bonds. The number of aryl methyl sites for hydroxylation is 2. The maximum Gasteiger partial charge on any atom is 0.293 e. The number of thiazole rings is 1. The summed E-state index contributed by atoms with van der Waals surface area (Å²) in [6.07, 6.45) is 1.75. The zero-order valence-corrected chi connectivity index (χ0v) is 10.0. The number of hydrogen-bond acceptors (Lipinski definition) is 5. The lowest BCUT2D eigenvalue weighted by Crippen LogP contribution is -2.13. The molecule has 16 heavy (non-hydrogen) atoms. The van der Waals surface area contributed by atoms with Crippen LogP contribution in [0.5, 0.6) is 5.75 Å². The number of ether oxygens (including phenoxy) is 1. The highest BCUT2D eigenvalue weighted by molar-refractivity contribution is 7.14. The number of nitrogens with one attached hydrogen (secondary N) is 1. The second-order valence-corrected chi connectivity index (χ2v) is 4.54. The molecular formula is C10H11N3O2S.